The Balaban J connectivity index is 2.30. The Morgan fingerprint density at radius 2 is 2.04 bits per heavy atom. The van der Waals surface area contributed by atoms with Gasteiger partial charge < -0.3 is 0 Å². The third kappa shape index (κ3) is 4.95. The Kier molecular flexibility index (Phi) is 6.64. The molecule has 0 radical (unpaired) electrons. The molecule has 0 spiro atoms. The van der Waals surface area contributed by atoms with Gasteiger partial charge in [0.15, 0.2) is 4.34 Å². The van der Waals surface area contributed by atoms with Crippen LogP contribution in [0.2, 0.25) is 0 Å². The molecule has 0 unspecified atom stereocenters. The summed E-state index contributed by atoms with van der Waals surface area (Å²) in [7, 11) is -3.66. The summed E-state index contributed by atoms with van der Waals surface area (Å²) >= 11 is 2.79. The van der Waals surface area contributed by atoms with Gasteiger partial charge in [-0.3, -0.25) is 14.4 Å². The van der Waals surface area contributed by atoms with Crippen LogP contribution >= 0.6 is 23.1 Å². The number of thioether (sulfide) groups is 1. The first-order valence-corrected chi connectivity index (χ1v) is 11.6. The number of amides is 1. The van der Waals surface area contributed by atoms with E-state index in [0.717, 1.165) is 31.8 Å². The molecular weight excluding hydrogens is 392 g/mol. The minimum atomic E-state index is -3.66. The number of anilines is 2. The van der Waals surface area contributed by atoms with Crippen LogP contribution in [-0.2, 0) is 14.8 Å². The normalized spacial score (nSPS) is 12.7. The SMILES string of the molecule is CCSc1nnc(NC(=O)[C@H](C)N(c2cc(C)ccc2C)S(C)(=O)=O)s1. The van der Waals surface area contributed by atoms with Gasteiger partial charge in [0.2, 0.25) is 21.1 Å². The van der Waals surface area contributed by atoms with Gasteiger partial charge in [-0.05, 0) is 43.7 Å². The summed E-state index contributed by atoms with van der Waals surface area (Å²) in [6.07, 6.45) is 1.10. The number of carbonyl (C=O) groups is 1. The van der Waals surface area contributed by atoms with Crippen LogP contribution in [0.3, 0.4) is 0 Å². The highest BCUT2D eigenvalue weighted by Crippen LogP contribution is 2.28. The van der Waals surface area contributed by atoms with Crippen LogP contribution < -0.4 is 9.62 Å². The van der Waals surface area contributed by atoms with E-state index in [4.69, 9.17) is 0 Å². The average Bonchev–Trinajstić information content (AvgIpc) is 2.97. The van der Waals surface area contributed by atoms with Gasteiger partial charge in [-0.2, -0.15) is 0 Å². The van der Waals surface area contributed by atoms with Crippen LogP contribution in [0.25, 0.3) is 0 Å². The third-order valence-electron chi connectivity index (χ3n) is 3.59. The summed E-state index contributed by atoms with van der Waals surface area (Å²) < 4.78 is 26.7. The summed E-state index contributed by atoms with van der Waals surface area (Å²) in [4.78, 5) is 12.7. The van der Waals surface area contributed by atoms with Crippen molar-refractivity contribution in [1.29, 1.82) is 0 Å². The molecule has 1 amide bonds. The number of benzene rings is 1. The molecule has 1 atom stereocenters. The van der Waals surface area contributed by atoms with Gasteiger partial charge in [0.25, 0.3) is 0 Å². The molecule has 2 aromatic rings. The minimum Gasteiger partial charge on any atom is -0.299 e. The lowest BCUT2D eigenvalue weighted by Crippen LogP contribution is -2.45. The first-order valence-electron chi connectivity index (χ1n) is 7.97. The van der Waals surface area contributed by atoms with E-state index in [1.165, 1.54) is 23.1 Å². The van der Waals surface area contributed by atoms with E-state index in [9.17, 15) is 13.2 Å². The zero-order valence-electron chi connectivity index (χ0n) is 15.3. The van der Waals surface area contributed by atoms with Crippen LogP contribution in [0.5, 0.6) is 0 Å². The van der Waals surface area contributed by atoms with Crippen LogP contribution in [0.1, 0.15) is 25.0 Å². The summed E-state index contributed by atoms with van der Waals surface area (Å²) in [5.74, 6) is 0.397. The summed E-state index contributed by atoms with van der Waals surface area (Å²) in [6.45, 7) is 7.25. The standard InChI is InChI=1S/C16H22N4O3S3/c1-6-24-16-19-18-15(25-16)17-14(21)12(4)20(26(5,22)23)13-9-10(2)7-8-11(13)3/h7-9,12H,6H2,1-5H3,(H,17,18,21)/t12-/m0/s1. The highest BCUT2D eigenvalue weighted by Gasteiger charge is 2.30. The molecule has 1 heterocycles. The van der Waals surface area contributed by atoms with E-state index in [1.807, 2.05) is 32.9 Å². The lowest BCUT2D eigenvalue weighted by molar-refractivity contribution is -0.116. The second-order valence-corrected chi connectivity index (χ2v) is 10.2. The molecule has 10 heteroatoms. The lowest BCUT2D eigenvalue weighted by Gasteiger charge is -2.29. The Morgan fingerprint density at radius 1 is 1.35 bits per heavy atom. The second kappa shape index (κ2) is 8.36. The molecule has 2 rings (SSSR count). The van der Waals surface area contributed by atoms with Crippen molar-refractivity contribution in [3.63, 3.8) is 0 Å². The third-order valence-corrected chi connectivity index (χ3v) is 6.68. The quantitative estimate of drug-likeness (QED) is 0.553. The van der Waals surface area contributed by atoms with Gasteiger partial charge >= 0.3 is 0 Å². The molecular formula is C16H22N4O3S3. The fourth-order valence-corrected chi connectivity index (χ4v) is 5.27. The maximum atomic E-state index is 12.7. The number of nitrogens with zero attached hydrogens (tertiary/aromatic N) is 3. The highest BCUT2D eigenvalue weighted by atomic mass is 32.2. The fourth-order valence-electron chi connectivity index (χ4n) is 2.39. The zero-order chi connectivity index (χ0) is 19.5. The molecule has 0 saturated heterocycles. The van der Waals surface area contributed by atoms with Crippen LogP contribution in [-0.4, -0.2) is 42.6 Å². The summed E-state index contributed by atoms with van der Waals surface area (Å²) in [5, 5.41) is 10.9. The van der Waals surface area contributed by atoms with Crippen LogP contribution in [0.4, 0.5) is 10.8 Å². The number of nitrogens with one attached hydrogen (secondary N) is 1. The second-order valence-electron chi connectivity index (χ2n) is 5.82. The number of hydrogen-bond donors (Lipinski definition) is 1. The molecule has 0 bridgehead atoms. The van der Waals surface area contributed by atoms with Gasteiger partial charge in [-0.25, -0.2) is 8.42 Å². The van der Waals surface area contributed by atoms with Crippen molar-refractivity contribution in [3.8, 4) is 0 Å². The van der Waals surface area contributed by atoms with Gasteiger partial charge in [0, 0.05) is 0 Å². The van der Waals surface area contributed by atoms with Crippen molar-refractivity contribution in [2.24, 2.45) is 0 Å². The lowest BCUT2D eigenvalue weighted by atomic mass is 10.1. The molecule has 1 N–H and O–H groups in total. The van der Waals surface area contributed by atoms with Crippen molar-refractivity contribution in [2.75, 3.05) is 21.6 Å². The first kappa shape index (κ1) is 20.7. The van der Waals surface area contributed by atoms with Gasteiger partial charge in [-0.15, -0.1) is 10.2 Å². The van der Waals surface area contributed by atoms with Gasteiger partial charge in [0.05, 0.1) is 11.9 Å². The molecule has 1 aromatic carbocycles. The molecule has 0 aliphatic carbocycles. The molecule has 0 fully saturated rings. The molecule has 0 aliphatic heterocycles. The Morgan fingerprint density at radius 3 is 2.65 bits per heavy atom. The summed E-state index contributed by atoms with van der Waals surface area (Å²) in [6, 6.07) is 4.57. The van der Waals surface area contributed by atoms with Crippen molar-refractivity contribution in [3.05, 3.63) is 29.3 Å². The topological polar surface area (TPSA) is 92.3 Å². The predicted octanol–water partition coefficient (Wildman–Crippen LogP) is 3.06. The van der Waals surface area contributed by atoms with E-state index >= 15 is 0 Å². The fraction of sp³-hybridized carbons (Fsp3) is 0.438. The van der Waals surface area contributed by atoms with E-state index in [0.29, 0.717) is 10.8 Å². The van der Waals surface area contributed by atoms with E-state index < -0.39 is 22.0 Å². The number of carbonyl (C=O) groups excluding carboxylic acids is 1. The maximum absolute atomic E-state index is 12.7. The Hall–Kier alpha value is -1.65. The maximum Gasteiger partial charge on any atom is 0.249 e. The number of rotatable bonds is 7. The van der Waals surface area contributed by atoms with Crippen LogP contribution in [0, 0.1) is 13.8 Å². The smallest absolute Gasteiger partial charge is 0.249 e. The molecule has 1 aromatic heterocycles. The summed E-state index contributed by atoms with van der Waals surface area (Å²) in [5.41, 5.74) is 2.19. The van der Waals surface area contributed by atoms with Crippen molar-refractivity contribution < 1.29 is 13.2 Å². The number of sulfonamides is 1. The number of aromatic nitrogens is 2. The molecule has 26 heavy (non-hydrogen) atoms. The highest BCUT2D eigenvalue weighted by molar-refractivity contribution is 8.01. The van der Waals surface area contributed by atoms with E-state index in [1.54, 1.807) is 13.0 Å². The minimum absolute atomic E-state index is 0.354. The monoisotopic (exact) mass is 414 g/mol. The average molecular weight is 415 g/mol. The van der Waals surface area contributed by atoms with Gasteiger partial charge in [-0.1, -0.05) is 42.2 Å². The molecule has 142 valence electrons. The Labute approximate surface area is 162 Å². The van der Waals surface area contributed by atoms with Crippen molar-refractivity contribution >= 4 is 49.8 Å². The largest absolute Gasteiger partial charge is 0.299 e. The molecule has 0 aliphatic rings. The predicted molar refractivity (Wildman–Crippen MR) is 108 cm³/mol. The van der Waals surface area contributed by atoms with E-state index in [2.05, 4.69) is 15.5 Å². The zero-order valence-corrected chi connectivity index (χ0v) is 17.8. The number of hydrogen-bond acceptors (Lipinski definition) is 7. The van der Waals surface area contributed by atoms with Gasteiger partial charge in [0.1, 0.15) is 6.04 Å². The number of aryl methyl sites for hydroxylation is 2. The molecule has 0 saturated carbocycles. The molecule has 7 nitrogen and oxygen atoms in total. The first-order chi connectivity index (χ1) is 12.1. The van der Waals surface area contributed by atoms with Crippen molar-refractivity contribution in [1.82, 2.24) is 10.2 Å². The van der Waals surface area contributed by atoms with E-state index in [-0.39, 0.29) is 0 Å². The van der Waals surface area contributed by atoms with Crippen molar-refractivity contribution in [2.45, 2.75) is 38.1 Å². The van der Waals surface area contributed by atoms with Crippen LogP contribution in [0.15, 0.2) is 22.5 Å². The Bertz CT molecular complexity index is 896.